The highest BCUT2D eigenvalue weighted by Crippen LogP contribution is 2.33. The zero-order valence-corrected chi connectivity index (χ0v) is 21.4. The molecule has 2 aromatic carbocycles. The summed E-state index contributed by atoms with van der Waals surface area (Å²) in [5, 5.41) is 0. The van der Waals surface area contributed by atoms with Gasteiger partial charge in [0.2, 0.25) is 0 Å². The van der Waals surface area contributed by atoms with E-state index in [0.29, 0.717) is 49.1 Å². The Morgan fingerprint density at radius 3 is 2.00 bits per heavy atom. The number of aryl methyl sites for hydroxylation is 2. The highest BCUT2D eigenvalue weighted by atomic mass is 16.5. The Labute approximate surface area is 207 Å². The average Bonchev–Trinajstić information content (AvgIpc) is 2.88. The molecule has 1 aliphatic rings. The lowest BCUT2D eigenvalue weighted by molar-refractivity contribution is -0.141. The van der Waals surface area contributed by atoms with Gasteiger partial charge in [0.05, 0.1) is 33.6 Å². The molecule has 0 spiro atoms. The van der Waals surface area contributed by atoms with E-state index in [2.05, 4.69) is 4.90 Å². The molecule has 0 atom stereocenters. The van der Waals surface area contributed by atoms with Crippen molar-refractivity contribution in [2.75, 3.05) is 70.5 Å². The molecule has 2 aromatic rings. The highest BCUT2D eigenvalue weighted by Gasteiger charge is 2.30. The van der Waals surface area contributed by atoms with Crippen LogP contribution in [0.2, 0.25) is 0 Å². The summed E-state index contributed by atoms with van der Waals surface area (Å²) in [7, 11) is 4.80. The van der Waals surface area contributed by atoms with Crippen LogP contribution >= 0.6 is 0 Å². The summed E-state index contributed by atoms with van der Waals surface area (Å²) >= 11 is 0. The summed E-state index contributed by atoms with van der Waals surface area (Å²) in [6, 6.07) is 9.23. The van der Waals surface area contributed by atoms with Crippen molar-refractivity contribution < 1.29 is 28.5 Å². The van der Waals surface area contributed by atoms with Crippen molar-refractivity contribution in [3.63, 3.8) is 0 Å². The van der Waals surface area contributed by atoms with Gasteiger partial charge in [-0.25, -0.2) is 4.79 Å². The number of nitrogens with zero attached hydrogens (tertiary/aromatic N) is 3. The zero-order chi connectivity index (χ0) is 25.5. The van der Waals surface area contributed by atoms with Crippen LogP contribution in [0.25, 0.3) is 0 Å². The van der Waals surface area contributed by atoms with Crippen LogP contribution < -0.4 is 24.0 Å². The molecule has 35 heavy (non-hydrogen) atoms. The number of urea groups is 1. The summed E-state index contributed by atoms with van der Waals surface area (Å²) in [6.07, 6.45) is 0. The van der Waals surface area contributed by atoms with Gasteiger partial charge in [-0.05, 0) is 44.0 Å². The lowest BCUT2D eigenvalue weighted by Crippen LogP contribution is -2.54. The maximum atomic E-state index is 13.7. The first-order chi connectivity index (χ1) is 16.8. The molecule has 9 nitrogen and oxygen atoms in total. The molecule has 0 bridgehead atoms. The van der Waals surface area contributed by atoms with Crippen molar-refractivity contribution in [1.29, 1.82) is 0 Å². The van der Waals surface area contributed by atoms with Gasteiger partial charge in [-0.15, -0.1) is 0 Å². The van der Waals surface area contributed by atoms with Crippen molar-refractivity contribution in [3.8, 4) is 17.2 Å². The van der Waals surface area contributed by atoms with E-state index in [1.165, 1.54) is 4.90 Å². The van der Waals surface area contributed by atoms with Gasteiger partial charge in [-0.2, -0.15) is 0 Å². The van der Waals surface area contributed by atoms with Crippen LogP contribution in [0.1, 0.15) is 18.1 Å². The van der Waals surface area contributed by atoms with E-state index >= 15 is 0 Å². The number of ether oxygens (including phenoxy) is 4. The number of methoxy groups -OCH3 is 3. The van der Waals surface area contributed by atoms with E-state index in [1.54, 1.807) is 33.2 Å². The lowest BCUT2D eigenvalue weighted by atomic mass is 10.1. The molecule has 0 radical (unpaired) electrons. The number of piperazine rings is 1. The Kier molecular flexibility index (Phi) is 8.68. The third-order valence-electron chi connectivity index (χ3n) is 6.16. The van der Waals surface area contributed by atoms with Gasteiger partial charge >= 0.3 is 12.0 Å². The van der Waals surface area contributed by atoms with Crippen LogP contribution in [-0.4, -0.2) is 77.6 Å². The fraction of sp³-hybridized carbons (Fsp3) is 0.462. The van der Waals surface area contributed by atoms with Gasteiger partial charge in [0.25, 0.3) is 0 Å². The molecule has 9 heteroatoms. The van der Waals surface area contributed by atoms with E-state index in [0.717, 1.165) is 16.8 Å². The molecular formula is C26H35N3O6. The third-order valence-corrected chi connectivity index (χ3v) is 6.16. The molecule has 1 aliphatic heterocycles. The van der Waals surface area contributed by atoms with Gasteiger partial charge in [0, 0.05) is 50.1 Å². The van der Waals surface area contributed by atoms with Crippen LogP contribution in [0.4, 0.5) is 16.2 Å². The van der Waals surface area contributed by atoms with Crippen LogP contribution in [0.15, 0.2) is 30.3 Å². The molecule has 0 aromatic heterocycles. The summed E-state index contributed by atoms with van der Waals surface area (Å²) in [5.41, 5.74) is 3.55. The highest BCUT2D eigenvalue weighted by molar-refractivity contribution is 5.98. The van der Waals surface area contributed by atoms with Crippen molar-refractivity contribution >= 4 is 23.4 Å². The number of hydrogen-bond acceptors (Lipinski definition) is 7. The third kappa shape index (κ3) is 6.09. The summed E-state index contributed by atoms with van der Waals surface area (Å²) in [5.74, 6) is 1.48. The molecule has 0 N–H and O–H groups in total. The SMILES string of the molecule is CCOC(=O)CN(C(=O)N1CCN(c2cc(OC)cc(OC)c2)CC1)c1cc(C)c(C)cc1OC. The number of benzene rings is 2. The number of esters is 1. The fourth-order valence-electron chi connectivity index (χ4n) is 4.04. The van der Waals surface area contributed by atoms with Crippen LogP contribution in [-0.2, 0) is 9.53 Å². The standard InChI is InChI=1S/C26H35N3O6/c1-7-35-25(30)17-29(23-12-18(2)19(3)13-24(23)34-6)26(31)28-10-8-27(9-11-28)20-14-21(32-4)16-22(15-20)33-5/h12-16H,7-11,17H2,1-6H3. The molecular weight excluding hydrogens is 450 g/mol. The predicted molar refractivity (Wildman–Crippen MR) is 135 cm³/mol. The number of anilines is 2. The molecule has 1 heterocycles. The smallest absolute Gasteiger partial charge is 0.326 e. The first-order valence-corrected chi connectivity index (χ1v) is 11.7. The van der Waals surface area contributed by atoms with Crippen LogP contribution in [0, 0.1) is 13.8 Å². The van der Waals surface area contributed by atoms with E-state index in [-0.39, 0.29) is 19.2 Å². The van der Waals surface area contributed by atoms with Crippen LogP contribution in [0.5, 0.6) is 17.2 Å². The molecule has 2 amide bonds. The molecule has 190 valence electrons. The maximum Gasteiger partial charge on any atom is 0.326 e. The van der Waals surface area contributed by atoms with Crippen molar-refractivity contribution in [2.45, 2.75) is 20.8 Å². The number of amides is 2. The van der Waals surface area contributed by atoms with Crippen LogP contribution in [0.3, 0.4) is 0 Å². The number of hydrogen-bond donors (Lipinski definition) is 0. The van der Waals surface area contributed by atoms with Crippen molar-refractivity contribution in [2.24, 2.45) is 0 Å². The topological polar surface area (TPSA) is 80.8 Å². The Hall–Kier alpha value is -3.62. The lowest BCUT2D eigenvalue weighted by Gasteiger charge is -2.38. The van der Waals surface area contributed by atoms with E-state index in [4.69, 9.17) is 18.9 Å². The second kappa shape index (κ2) is 11.7. The summed E-state index contributed by atoms with van der Waals surface area (Å²) < 4.78 is 21.5. The Balaban J connectivity index is 1.82. The van der Waals surface area contributed by atoms with E-state index in [1.807, 2.05) is 44.2 Å². The first-order valence-electron chi connectivity index (χ1n) is 11.7. The second-order valence-corrected chi connectivity index (χ2v) is 8.33. The fourth-order valence-corrected chi connectivity index (χ4v) is 4.04. The largest absolute Gasteiger partial charge is 0.497 e. The molecule has 1 saturated heterocycles. The Bertz CT molecular complexity index is 1030. The Morgan fingerprint density at radius 2 is 1.46 bits per heavy atom. The van der Waals surface area contributed by atoms with E-state index in [9.17, 15) is 9.59 Å². The second-order valence-electron chi connectivity index (χ2n) is 8.33. The minimum Gasteiger partial charge on any atom is -0.497 e. The molecule has 0 saturated carbocycles. The number of carbonyl (C=O) groups is 2. The van der Waals surface area contributed by atoms with Gasteiger partial charge in [0.15, 0.2) is 0 Å². The predicted octanol–water partition coefficient (Wildman–Crippen LogP) is 3.64. The summed E-state index contributed by atoms with van der Waals surface area (Å²) in [6.45, 7) is 7.97. The normalized spacial score (nSPS) is 13.3. The maximum absolute atomic E-state index is 13.7. The van der Waals surface area contributed by atoms with Gasteiger partial charge in [-0.3, -0.25) is 9.69 Å². The Morgan fingerprint density at radius 1 is 0.857 bits per heavy atom. The summed E-state index contributed by atoms with van der Waals surface area (Å²) in [4.78, 5) is 31.5. The quantitative estimate of drug-likeness (QED) is 0.528. The number of carbonyl (C=O) groups excluding carboxylic acids is 2. The molecule has 3 rings (SSSR count). The van der Waals surface area contributed by atoms with Gasteiger partial charge in [-0.1, -0.05) is 0 Å². The van der Waals surface area contributed by atoms with Gasteiger partial charge < -0.3 is 28.7 Å². The van der Waals surface area contributed by atoms with E-state index < -0.39 is 5.97 Å². The minimum atomic E-state index is -0.469. The van der Waals surface area contributed by atoms with Crippen molar-refractivity contribution in [1.82, 2.24) is 4.90 Å². The minimum absolute atomic E-state index is 0.196. The zero-order valence-electron chi connectivity index (χ0n) is 21.4. The monoisotopic (exact) mass is 485 g/mol. The molecule has 0 unspecified atom stereocenters. The van der Waals surface area contributed by atoms with Crippen molar-refractivity contribution in [3.05, 3.63) is 41.5 Å². The number of rotatable bonds is 8. The first kappa shape index (κ1) is 26.0. The van der Waals surface area contributed by atoms with Gasteiger partial charge in [0.1, 0.15) is 23.8 Å². The molecule has 1 fully saturated rings. The average molecular weight is 486 g/mol. The molecule has 0 aliphatic carbocycles.